The summed E-state index contributed by atoms with van der Waals surface area (Å²) in [5, 5.41) is 0.778. The molecule has 2 aliphatic carbocycles. The molecule has 2 aliphatic rings. The molecule has 0 aliphatic heterocycles. The van der Waals surface area contributed by atoms with Crippen molar-refractivity contribution in [1.82, 2.24) is 0 Å². The Hall–Kier alpha value is -2.60. The van der Waals surface area contributed by atoms with E-state index < -0.39 is 18.3 Å². The fraction of sp³-hybridized carbons (Fsp3) is 0.293. The summed E-state index contributed by atoms with van der Waals surface area (Å²) in [6, 6.07) is 30.1. The molecule has 0 nitrogen and oxygen atoms in total. The second-order valence-electron chi connectivity index (χ2n) is 15.2. The molecule has 0 N–H and O–H groups in total. The fourth-order valence-electron chi connectivity index (χ4n) is 8.54. The first-order valence-corrected chi connectivity index (χ1v) is 23.1. The molecule has 0 saturated heterocycles. The molecule has 0 amide bonds. The number of hydrogen-bond donors (Lipinski definition) is 0. The molecule has 2 heteroatoms. The molecule has 0 atom stereocenters. The van der Waals surface area contributed by atoms with E-state index in [9.17, 15) is 0 Å². The van der Waals surface area contributed by atoms with Gasteiger partial charge in [0, 0.05) is 0 Å². The average Bonchev–Trinajstić information content (AvgIpc) is 3.58. The molecular formula is C41H45ClZr. The molecule has 4 aromatic carbocycles. The second-order valence-corrected chi connectivity index (χ2v) is 29.6. The van der Waals surface area contributed by atoms with E-state index in [0.29, 0.717) is 0 Å². The number of allylic oxidation sites excluding steroid dienone is 4. The Morgan fingerprint density at radius 1 is 0.628 bits per heavy atom. The Morgan fingerprint density at radius 3 is 1.58 bits per heavy atom. The van der Waals surface area contributed by atoms with E-state index in [1.807, 2.05) is 6.07 Å². The van der Waals surface area contributed by atoms with Crippen LogP contribution in [0.5, 0.6) is 0 Å². The Bertz CT molecular complexity index is 1790. The summed E-state index contributed by atoms with van der Waals surface area (Å²) in [5.74, 6) is 0. The molecule has 0 spiro atoms. The Balaban J connectivity index is 1.85. The molecule has 0 radical (unpaired) electrons. The van der Waals surface area contributed by atoms with E-state index in [4.69, 9.17) is 15.8 Å². The first-order valence-electron chi connectivity index (χ1n) is 15.7. The molecule has 0 aromatic heterocycles. The number of fused-ring (bicyclic) bond motifs is 3. The van der Waals surface area contributed by atoms with Crippen LogP contribution in [0.25, 0.3) is 11.1 Å². The average molecular weight is 664 g/mol. The normalized spacial score (nSPS) is 15.7. The van der Waals surface area contributed by atoms with E-state index in [1.54, 1.807) is 0 Å². The van der Waals surface area contributed by atoms with Crippen LogP contribution in [0.1, 0.15) is 78.5 Å². The predicted molar refractivity (Wildman–Crippen MR) is 187 cm³/mol. The van der Waals surface area contributed by atoms with Gasteiger partial charge >= 0.3 is 267 Å². The standard InChI is InChI=1S/C23H29.C6H4Cl.C6H5.C5H5.CH2.Zr/c1-14-9-16-11-17-10-15(2)21(23(6,7)8)13-19(17)18(16)12-20(14)22(3,4)5;7-6-4-2-1-3-5-6;1-2-4-6-5-3-1;1-2-4-5-3-1;;/h9-13H,1-8H3;1-2,4-5H;1-5H;1-5H;1H2;. The minimum atomic E-state index is -4.79. The van der Waals surface area contributed by atoms with Crippen molar-refractivity contribution in [3.8, 4) is 11.1 Å². The molecule has 0 unspecified atom stereocenters. The van der Waals surface area contributed by atoms with Crippen molar-refractivity contribution in [1.29, 1.82) is 0 Å². The number of aryl methyl sites for hydroxylation is 2. The predicted octanol–water partition coefficient (Wildman–Crippen LogP) is 10.3. The van der Waals surface area contributed by atoms with Crippen molar-refractivity contribution < 1.29 is 18.3 Å². The number of benzene rings is 4. The van der Waals surface area contributed by atoms with Gasteiger partial charge in [-0.1, -0.05) is 0 Å². The van der Waals surface area contributed by atoms with Crippen LogP contribution >= 0.6 is 11.6 Å². The van der Waals surface area contributed by atoms with Crippen LogP contribution in [0, 0.1) is 13.8 Å². The van der Waals surface area contributed by atoms with Crippen molar-refractivity contribution in [3.63, 3.8) is 0 Å². The molecule has 6 rings (SSSR count). The maximum absolute atomic E-state index is 6.88. The van der Waals surface area contributed by atoms with Crippen LogP contribution < -0.4 is 6.54 Å². The zero-order valence-corrected chi connectivity index (χ0v) is 30.3. The third-order valence-electron chi connectivity index (χ3n) is 10.5. The van der Waals surface area contributed by atoms with Gasteiger partial charge in [0.2, 0.25) is 0 Å². The van der Waals surface area contributed by atoms with Crippen molar-refractivity contribution in [2.24, 2.45) is 0 Å². The third-order valence-corrected chi connectivity index (χ3v) is 28.4. The maximum atomic E-state index is 6.88. The number of rotatable bonds is 4. The summed E-state index contributed by atoms with van der Waals surface area (Å²) in [5.41, 5.74) is 11.3. The summed E-state index contributed by atoms with van der Waals surface area (Å²) < 4.78 is 8.77. The van der Waals surface area contributed by atoms with E-state index in [2.05, 4.69) is 152 Å². The van der Waals surface area contributed by atoms with Crippen LogP contribution in [0.3, 0.4) is 0 Å². The van der Waals surface area contributed by atoms with E-state index in [1.165, 1.54) is 51.1 Å². The van der Waals surface area contributed by atoms with Crippen molar-refractivity contribution in [3.05, 3.63) is 142 Å². The van der Waals surface area contributed by atoms with Gasteiger partial charge < -0.3 is 0 Å². The third kappa shape index (κ3) is 4.52. The van der Waals surface area contributed by atoms with Crippen LogP contribution in [0.15, 0.2) is 103 Å². The zero-order chi connectivity index (χ0) is 31.0. The van der Waals surface area contributed by atoms with E-state index in [0.717, 1.165) is 5.02 Å². The molecule has 0 fully saturated rings. The first kappa shape index (κ1) is 30.4. The zero-order valence-electron chi connectivity index (χ0n) is 27.1. The number of hydrogen-bond acceptors (Lipinski definition) is 0. The Kier molecular flexibility index (Phi) is 7.23. The molecule has 0 bridgehead atoms. The summed E-state index contributed by atoms with van der Waals surface area (Å²) >= 11 is 2.08. The molecule has 0 saturated carbocycles. The second kappa shape index (κ2) is 10.2. The summed E-state index contributed by atoms with van der Waals surface area (Å²) in [6.07, 6.45) is 9.32. The van der Waals surface area contributed by atoms with Gasteiger partial charge in [0.15, 0.2) is 0 Å². The molecule has 0 heterocycles. The van der Waals surface area contributed by atoms with Gasteiger partial charge in [-0.3, -0.25) is 0 Å². The van der Waals surface area contributed by atoms with Gasteiger partial charge in [0.1, 0.15) is 0 Å². The molecule has 4 aromatic rings. The Labute approximate surface area is 265 Å². The van der Waals surface area contributed by atoms with Crippen molar-refractivity contribution >= 4 is 22.4 Å². The van der Waals surface area contributed by atoms with Crippen molar-refractivity contribution in [2.45, 2.75) is 73.5 Å². The first-order chi connectivity index (χ1) is 20.2. The van der Waals surface area contributed by atoms with Gasteiger partial charge in [-0.15, -0.1) is 0 Å². The topological polar surface area (TPSA) is 0 Å². The summed E-state index contributed by atoms with van der Waals surface area (Å²) in [4.78, 5) is 0. The van der Waals surface area contributed by atoms with Crippen LogP contribution in [0.4, 0.5) is 0 Å². The molecular weight excluding hydrogens is 619 g/mol. The fourth-order valence-corrected chi connectivity index (χ4v) is 26.5. The van der Waals surface area contributed by atoms with Gasteiger partial charge in [0.05, 0.1) is 0 Å². The van der Waals surface area contributed by atoms with Crippen LogP contribution in [-0.4, -0.2) is 4.21 Å². The van der Waals surface area contributed by atoms with Gasteiger partial charge in [0.25, 0.3) is 0 Å². The summed E-state index contributed by atoms with van der Waals surface area (Å²) in [7, 11) is 0. The molecule has 220 valence electrons. The van der Waals surface area contributed by atoms with Crippen LogP contribution in [-0.2, 0) is 29.1 Å². The summed E-state index contributed by atoms with van der Waals surface area (Å²) in [6.45, 7) is 18.6. The quantitative estimate of drug-likeness (QED) is 0.204. The molecule has 43 heavy (non-hydrogen) atoms. The van der Waals surface area contributed by atoms with Gasteiger partial charge in [-0.2, -0.15) is 0 Å². The Morgan fingerprint density at radius 2 is 1.12 bits per heavy atom. The van der Waals surface area contributed by atoms with E-state index >= 15 is 0 Å². The number of halogens is 1. The van der Waals surface area contributed by atoms with Gasteiger partial charge in [-0.25, -0.2) is 0 Å². The SMILES string of the molecule is [CH2]=[Zr]([c]1ccccc1)([c]1cccc(Cl)c1)([CH]1C=CC=C1)[CH]1c2cc(C)c(C(C)(C)C)cc2-c2cc(C(C)(C)C)c(C)cc21. The van der Waals surface area contributed by atoms with Gasteiger partial charge in [-0.05, 0) is 0 Å². The van der Waals surface area contributed by atoms with E-state index in [-0.39, 0.29) is 18.1 Å². The van der Waals surface area contributed by atoms with Crippen molar-refractivity contribution in [2.75, 3.05) is 0 Å². The monoisotopic (exact) mass is 662 g/mol. The minimum absolute atomic E-state index is 0.0424. The van der Waals surface area contributed by atoms with Crippen LogP contribution in [0.2, 0.25) is 8.65 Å².